The highest BCUT2D eigenvalue weighted by molar-refractivity contribution is 9.10. The number of nitriles is 1. The van der Waals surface area contributed by atoms with Crippen molar-refractivity contribution in [1.82, 2.24) is 10.3 Å². The molecule has 0 saturated carbocycles. The molecule has 0 fully saturated rings. The Morgan fingerprint density at radius 3 is 3.00 bits per heavy atom. The zero-order valence-electron chi connectivity index (χ0n) is 8.00. The van der Waals surface area contributed by atoms with Crippen molar-refractivity contribution in [3.05, 3.63) is 28.5 Å². The van der Waals surface area contributed by atoms with Gasteiger partial charge in [-0.1, -0.05) is 0 Å². The Hall–Kier alpha value is -0.920. The zero-order chi connectivity index (χ0) is 10.4. The molecular formula is C10H12BrN3. The Morgan fingerprint density at radius 1 is 1.64 bits per heavy atom. The van der Waals surface area contributed by atoms with Gasteiger partial charge in [0, 0.05) is 23.8 Å². The lowest BCUT2D eigenvalue weighted by Crippen LogP contribution is -2.20. The summed E-state index contributed by atoms with van der Waals surface area (Å²) in [4.78, 5) is 4.21. The number of rotatable bonds is 4. The van der Waals surface area contributed by atoms with E-state index < -0.39 is 0 Å². The van der Waals surface area contributed by atoms with Crippen LogP contribution in [0, 0.1) is 17.2 Å². The van der Waals surface area contributed by atoms with Crippen molar-refractivity contribution in [2.24, 2.45) is 5.92 Å². The molecule has 0 radical (unpaired) electrons. The molecule has 1 aromatic heterocycles. The van der Waals surface area contributed by atoms with E-state index in [1.165, 1.54) is 0 Å². The summed E-state index contributed by atoms with van der Waals surface area (Å²) in [5.41, 5.74) is 0.985. The van der Waals surface area contributed by atoms with Crippen molar-refractivity contribution in [1.29, 1.82) is 5.26 Å². The normalized spacial score (nSPS) is 12.1. The third-order valence-electron chi connectivity index (χ3n) is 1.77. The van der Waals surface area contributed by atoms with Crippen LogP contribution in [0.25, 0.3) is 0 Å². The Labute approximate surface area is 92.3 Å². The molecule has 0 aliphatic heterocycles. The van der Waals surface area contributed by atoms with E-state index in [0.717, 1.165) is 10.2 Å². The molecule has 74 valence electrons. The number of nitrogens with one attached hydrogen (secondary N) is 1. The van der Waals surface area contributed by atoms with Gasteiger partial charge in [-0.05, 0) is 35.0 Å². The lowest BCUT2D eigenvalue weighted by molar-refractivity contribution is 0.595. The number of aromatic nitrogens is 1. The second-order valence-corrected chi connectivity index (χ2v) is 4.04. The van der Waals surface area contributed by atoms with Crippen LogP contribution in [0.1, 0.15) is 12.6 Å². The van der Waals surface area contributed by atoms with Crippen LogP contribution in [0.3, 0.4) is 0 Å². The van der Waals surface area contributed by atoms with E-state index in [-0.39, 0.29) is 5.92 Å². The number of hydrogen-bond acceptors (Lipinski definition) is 3. The van der Waals surface area contributed by atoms with E-state index in [0.29, 0.717) is 13.1 Å². The Bertz CT molecular complexity index is 315. The summed E-state index contributed by atoms with van der Waals surface area (Å²) in [6.07, 6.45) is 1.77. The molecule has 1 unspecified atom stereocenters. The van der Waals surface area contributed by atoms with Crippen molar-refractivity contribution >= 4 is 15.9 Å². The fraction of sp³-hybridized carbons (Fsp3) is 0.400. The first-order chi connectivity index (χ1) is 6.72. The maximum absolute atomic E-state index is 8.56. The van der Waals surface area contributed by atoms with Gasteiger partial charge in [-0.25, -0.2) is 0 Å². The van der Waals surface area contributed by atoms with Crippen LogP contribution >= 0.6 is 15.9 Å². The molecule has 0 aliphatic carbocycles. The van der Waals surface area contributed by atoms with Gasteiger partial charge in [-0.15, -0.1) is 0 Å². The lowest BCUT2D eigenvalue weighted by atomic mass is 10.2. The molecule has 1 atom stereocenters. The van der Waals surface area contributed by atoms with Gasteiger partial charge in [-0.2, -0.15) is 5.26 Å². The second kappa shape index (κ2) is 5.74. The van der Waals surface area contributed by atoms with Crippen LogP contribution in [0.5, 0.6) is 0 Å². The number of hydrogen-bond donors (Lipinski definition) is 1. The molecule has 0 amide bonds. The van der Waals surface area contributed by atoms with Crippen molar-refractivity contribution in [2.75, 3.05) is 6.54 Å². The van der Waals surface area contributed by atoms with E-state index in [1.54, 1.807) is 6.20 Å². The van der Waals surface area contributed by atoms with Gasteiger partial charge in [0.2, 0.25) is 0 Å². The molecule has 14 heavy (non-hydrogen) atoms. The molecule has 0 aromatic carbocycles. The van der Waals surface area contributed by atoms with Crippen LogP contribution in [-0.2, 0) is 6.54 Å². The van der Waals surface area contributed by atoms with Crippen LogP contribution in [-0.4, -0.2) is 11.5 Å². The van der Waals surface area contributed by atoms with E-state index >= 15 is 0 Å². The summed E-state index contributed by atoms with van der Waals surface area (Å²) >= 11 is 3.32. The molecule has 4 heteroatoms. The molecular weight excluding hydrogens is 242 g/mol. The highest BCUT2D eigenvalue weighted by Crippen LogP contribution is 2.07. The number of pyridine rings is 1. The van der Waals surface area contributed by atoms with Crippen molar-refractivity contribution in [3.8, 4) is 6.07 Å². The minimum absolute atomic E-state index is 0.0467. The van der Waals surface area contributed by atoms with Crippen LogP contribution in [0.15, 0.2) is 22.8 Å². The molecule has 1 aromatic rings. The SMILES string of the molecule is CC(C#N)CNCc1ccc(Br)cn1. The van der Waals surface area contributed by atoms with Crippen molar-refractivity contribution in [3.63, 3.8) is 0 Å². The largest absolute Gasteiger partial charge is 0.310 e. The summed E-state index contributed by atoms with van der Waals surface area (Å²) < 4.78 is 0.978. The van der Waals surface area contributed by atoms with Gasteiger partial charge < -0.3 is 5.32 Å². The third-order valence-corrected chi connectivity index (χ3v) is 2.23. The van der Waals surface area contributed by atoms with E-state index in [9.17, 15) is 0 Å². The summed E-state index contributed by atoms with van der Waals surface area (Å²) in [5, 5.41) is 11.7. The monoisotopic (exact) mass is 253 g/mol. The topological polar surface area (TPSA) is 48.7 Å². The molecule has 1 heterocycles. The zero-order valence-corrected chi connectivity index (χ0v) is 9.58. The van der Waals surface area contributed by atoms with E-state index in [4.69, 9.17) is 5.26 Å². The fourth-order valence-electron chi connectivity index (χ4n) is 0.973. The average molecular weight is 254 g/mol. The second-order valence-electron chi connectivity index (χ2n) is 3.13. The van der Waals surface area contributed by atoms with E-state index in [2.05, 4.69) is 32.3 Å². The first-order valence-corrected chi connectivity index (χ1v) is 5.22. The quantitative estimate of drug-likeness (QED) is 0.895. The van der Waals surface area contributed by atoms with E-state index in [1.807, 2.05) is 19.1 Å². The van der Waals surface area contributed by atoms with Gasteiger partial charge >= 0.3 is 0 Å². The minimum atomic E-state index is 0.0467. The molecule has 1 N–H and O–H groups in total. The first-order valence-electron chi connectivity index (χ1n) is 4.43. The van der Waals surface area contributed by atoms with Gasteiger partial charge in [0.1, 0.15) is 0 Å². The predicted molar refractivity (Wildman–Crippen MR) is 58.4 cm³/mol. The maximum Gasteiger partial charge on any atom is 0.0666 e. The molecule has 1 rings (SSSR count). The number of halogens is 1. The first kappa shape index (κ1) is 11.2. The highest BCUT2D eigenvalue weighted by atomic mass is 79.9. The molecule has 0 saturated heterocycles. The summed E-state index contributed by atoms with van der Waals surface area (Å²) in [7, 11) is 0. The van der Waals surface area contributed by atoms with Crippen molar-refractivity contribution in [2.45, 2.75) is 13.5 Å². The minimum Gasteiger partial charge on any atom is -0.310 e. The molecule has 0 bridgehead atoms. The van der Waals surface area contributed by atoms with Crippen molar-refractivity contribution < 1.29 is 0 Å². The van der Waals surface area contributed by atoms with Gasteiger partial charge in [-0.3, -0.25) is 4.98 Å². The Balaban J connectivity index is 2.32. The Kier molecular flexibility index (Phi) is 4.57. The summed E-state index contributed by atoms with van der Waals surface area (Å²) in [5.74, 6) is 0.0467. The van der Waals surface area contributed by atoms with Crippen LogP contribution < -0.4 is 5.32 Å². The smallest absolute Gasteiger partial charge is 0.0666 e. The summed E-state index contributed by atoms with van der Waals surface area (Å²) in [6.45, 7) is 3.30. The predicted octanol–water partition coefficient (Wildman–Crippen LogP) is 2.09. The Morgan fingerprint density at radius 2 is 2.43 bits per heavy atom. The summed E-state index contributed by atoms with van der Waals surface area (Å²) in [6, 6.07) is 6.08. The molecule has 0 aliphatic rings. The van der Waals surface area contributed by atoms with Gasteiger partial charge in [0.15, 0.2) is 0 Å². The number of nitrogens with zero attached hydrogens (tertiary/aromatic N) is 2. The van der Waals surface area contributed by atoms with Crippen LogP contribution in [0.2, 0.25) is 0 Å². The third kappa shape index (κ3) is 3.86. The van der Waals surface area contributed by atoms with Crippen LogP contribution in [0.4, 0.5) is 0 Å². The van der Waals surface area contributed by atoms with Gasteiger partial charge in [0.25, 0.3) is 0 Å². The van der Waals surface area contributed by atoms with Gasteiger partial charge in [0.05, 0.1) is 17.7 Å². The standard InChI is InChI=1S/C10H12BrN3/c1-8(4-12)5-13-7-10-3-2-9(11)6-14-10/h2-3,6,8,13H,5,7H2,1H3. The molecule has 3 nitrogen and oxygen atoms in total. The lowest BCUT2D eigenvalue weighted by Gasteiger charge is -2.04. The fourth-order valence-corrected chi connectivity index (χ4v) is 1.21. The average Bonchev–Trinajstić information content (AvgIpc) is 2.21. The maximum atomic E-state index is 8.56. The highest BCUT2D eigenvalue weighted by Gasteiger charge is 1.98. The molecule has 0 spiro atoms.